The van der Waals surface area contributed by atoms with Crippen LogP contribution in [0.3, 0.4) is 0 Å². The van der Waals surface area contributed by atoms with Gasteiger partial charge in [0.25, 0.3) is 5.91 Å². The molecule has 0 aromatic heterocycles. The molecule has 0 saturated heterocycles. The van der Waals surface area contributed by atoms with E-state index >= 15 is 0 Å². The van der Waals surface area contributed by atoms with E-state index in [1.165, 1.54) is 0 Å². The minimum atomic E-state index is -0.534. The molecule has 0 saturated carbocycles. The van der Waals surface area contributed by atoms with Crippen LogP contribution in [0.1, 0.15) is 15.9 Å². The molecule has 0 atom stereocenters. The number of esters is 1. The molecular weight excluding hydrogens is 290 g/mol. The van der Waals surface area contributed by atoms with Crippen LogP contribution in [0.4, 0.5) is 5.69 Å². The Hall–Kier alpha value is -2.33. The first-order chi connectivity index (χ1) is 10.1. The summed E-state index contributed by atoms with van der Waals surface area (Å²) in [5.41, 5.74) is 1.88. The molecule has 2 aromatic carbocycles. The van der Waals surface area contributed by atoms with Crippen LogP contribution in [0, 0.1) is 6.92 Å². The van der Waals surface area contributed by atoms with Gasteiger partial charge in [0.15, 0.2) is 6.61 Å². The monoisotopic (exact) mass is 303 g/mol. The first kappa shape index (κ1) is 15.1. The van der Waals surface area contributed by atoms with Gasteiger partial charge >= 0.3 is 5.97 Å². The molecule has 0 aliphatic rings. The summed E-state index contributed by atoms with van der Waals surface area (Å²) >= 11 is 5.87. The second-order valence-electron chi connectivity index (χ2n) is 4.45. The summed E-state index contributed by atoms with van der Waals surface area (Å²) in [5.74, 6) is -0.946. The Morgan fingerprint density at radius 2 is 1.86 bits per heavy atom. The van der Waals surface area contributed by atoms with Gasteiger partial charge in [-0.15, -0.1) is 0 Å². The third-order valence-electron chi connectivity index (χ3n) is 2.82. The summed E-state index contributed by atoms with van der Waals surface area (Å²) in [5, 5.41) is 3.18. The average Bonchev–Trinajstić information content (AvgIpc) is 2.49. The number of nitrogens with one attached hydrogen (secondary N) is 1. The zero-order chi connectivity index (χ0) is 15.2. The fraction of sp³-hybridized carbons (Fsp3) is 0.125. The van der Waals surface area contributed by atoms with Crippen molar-refractivity contribution in [1.82, 2.24) is 0 Å². The van der Waals surface area contributed by atoms with Crippen molar-refractivity contribution in [3.8, 4) is 0 Å². The van der Waals surface area contributed by atoms with E-state index in [0.717, 1.165) is 5.56 Å². The zero-order valence-electron chi connectivity index (χ0n) is 11.4. The summed E-state index contributed by atoms with van der Waals surface area (Å²) in [6.07, 6.45) is 0. The van der Waals surface area contributed by atoms with Crippen LogP contribution in [0.2, 0.25) is 5.02 Å². The van der Waals surface area contributed by atoms with Gasteiger partial charge in [0.05, 0.1) is 5.56 Å². The average molecular weight is 304 g/mol. The Bertz CT molecular complexity index is 656. The van der Waals surface area contributed by atoms with Crippen LogP contribution in [-0.4, -0.2) is 18.5 Å². The molecule has 108 valence electrons. The second-order valence-corrected chi connectivity index (χ2v) is 4.89. The smallest absolute Gasteiger partial charge is 0.338 e. The van der Waals surface area contributed by atoms with Crippen molar-refractivity contribution in [2.75, 3.05) is 11.9 Å². The Morgan fingerprint density at radius 1 is 1.14 bits per heavy atom. The lowest BCUT2D eigenvalue weighted by atomic mass is 10.2. The number of carbonyl (C=O) groups is 2. The number of hydrogen-bond acceptors (Lipinski definition) is 3. The van der Waals surface area contributed by atoms with E-state index in [-0.39, 0.29) is 6.61 Å². The number of benzene rings is 2. The highest BCUT2D eigenvalue weighted by Gasteiger charge is 2.10. The molecule has 4 nitrogen and oxygen atoms in total. The third kappa shape index (κ3) is 4.33. The van der Waals surface area contributed by atoms with Crippen molar-refractivity contribution in [1.29, 1.82) is 0 Å². The molecule has 0 radical (unpaired) electrons. The number of hydrogen-bond donors (Lipinski definition) is 1. The lowest BCUT2D eigenvalue weighted by Gasteiger charge is -2.09. The van der Waals surface area contributed by atoms with Gasteiger partial charge < -0.3 is 10.1 Å². The predicted octanol–water partition coefficient (Wildman–Crippen LogP) is 3.44. The molecular formula is C16H14ClNO3. The zero-order valence-corrected chi connectivity index (χ0v) is 12.2. The molecule has 2 rings (SSSR count). The molecule has 0 spiro atoms. The molecule has 5 heteroatoms. The van der Waals surface area contributed by atoms with Crippen LogP contribution in [0.15, 0.2) is 48.5 Å². The standard InChI is InChI=1S/C16H14ClNO3/c1-11-7-8-13(17)9-14(11)18-15(19)10-21-16(20)12-5-3-2-4-6-12/h2-9H,10H2,1H3,(H,18,19). The van der Waals surface area contributed by atoms with Crippen LogP contribution < -0.4 is 5.32 Å². The normalized spacial score (nSPS) is 10.0. The summed E-state index contributed by atoms with van der Waals surface area (Å²) in [6, 6.07) is 13.7. The fourth-order valence-corrected chi connectivity index (χ4v) is 1.88. The first-order valence-corrected chi connectivity index (χ1v) is 6.72. The van der Waals surface area contributed by atoms with Gasteiger partial charge in [0.1, 0.15) is 0 Å². The Balaban J connectivity index is 1.91. The van der Waals surface area contributed by atoms with Gasteiger partial charge in [-0.1, -0.05) is 35.9 Å². The Kier molecular flexibility index (Phi) is 4.95. The summed E-state index contributed by atoms with van der Waals surface area (Å²) in [6.45, 7) is 1.50. The molecule has 0 unspecified atom stereocenters. The number of halogens is 1. The molecule has 0 heterocycles. The molecule has 1 amide bonds. The molecule has 2 aromatic rings. The second kappa shape index (κ2) is 6.90. The highest BCUT2D eigenvalue weighted by Crippen LogP contribution is 2.20. The Morgan fingerprint density at radius 3 is 2.57 bits per heavy atom. The molecule has 0 aliphatic carbocycles. The minimum absolute atomic E-state index is 0.348. The number of rotatable bonds is 4. The topological polar surface area (TPSA) is 55.4 Å². The van der Waals surface area contributed by atoms with Gasteiger partial charge in [-0.2, -0.15) is 0 Å². The van der Waals surface area contributed by atoms with E-state index in [9.17, 15) is 9.59 Å². The molecule has 0 fully saturated rings. The first-order valence-electron chi connectivity index (χ1n) is 6.34. The minimum Gasteiger partial charge on any atom is -0.452 e. The van der Waals surface area contributed by atoms with Gasteiger partial charge in [-0.25, -0.2) is 4.79 Å². The number of carbonyl (C=O) groups excluding carboxylic acids is 2. The van der Waals surface area contributed by atoms with Gasteiger partial charge in [-0.05, 0) is 36.8 Å². The van der Waals surface area contributed by atoms with Crippen LogP contribution in [-0.2, 0) is 9.53 Å². The van der Waals surface area contributed by atoms with E-state index in [2.05, 4.69) is 5.32 Å². The third-order valence-corrected chi connectivity index (χ3v) is 3.05. The predicted molar refractivity (Wildman–Crippen MR) is 81.5 cm³/mol. The van der Waals surface area contributed by atoms with Crippen molar-refractivity contribution in [3.05, 3.63) is 64.7 Å². The summed E-state index contributed by atoms with van der Waals surface area (Å²) < 4.78 is 4.95. The van der Waals surface area contributed by atoms with Crippen molar-refractivity contribution < 1.29 is 14.3 Å². The van der Waals surface area contributed by atoms with Crippen LogP contribution in [0.25, 0.3) is 0 Å². The van der Waals surface area contributed by atoms with E-state index in [1.54, 1.807) is 48.5 Å². The number of amides is 1. The van der Waals surface area contributed by atoms with Crippen LogP contribution in [0.5, 0.6) is 0 Å². The van der Waals surface area contributed by atoms with Crippen molar-refractivity contribution in [2.24, 2.45) is 0 Å². The maximum atomic E-state index is 11.8. The fourth-order valence-electron chi connectivity index (χ4n) is 1.70. The van der Waals surface area contributed by atoms with Crippen LogP contribution >= 0.6 is 11.6 Å². The number of aryl methyl sites for hydroxylation is 1. The van der Waals surface area contributed by atoms with Gasteiger partial charge in [0.2, 0.25) is 0 Å². The molecule has 0 aliphatic heterocycles. The lowest BCUT2D eigenvalue weighted by molar-refractivity contribution is -0.119. The van der Waals surface area contributed by atoms with Gasteiger partial charge in [0, 0.05) is 10.7 Å². The maximum Gasteiger partial charge on any atom is 0.338 e. The van der Waals surface area contributed by atoms with E-state index in [4.69, 9.17) is 16.3 Å². The quantitative estimate of drug-likeness (QED) is 0.880. The van der Waals surface area contributed by atoms with Crippen molar-refractivity contribution >= 4 is 29.2 Å². The maximum absolute atomic E-state index is 11.8. The summed E-state index contributed by atoms with van der Waals surface area (Å²) in [4.78, 5) is 23.5. The van der Waals surface area contributed by atoms with E-state index in [1.807, 2.05) is 6.92 Å². The van der Waals surface area contributed by atoms with E-state index in [0.29, 0.717) is 16.3 Å². The van der Waals surface area contributed by atoms with Crippen molar-refractivity contribution in [3.63, 3.8) is 0 Å². The van der Waals surface area contributed by atoms with E-state index < -0.39 is 11.9 Å². The lowest BCUT2D eigenvalue weighted by Crippen LogP contribution is -2.21. The largest absolute Gasteiger partial charge is 0.452 e. The molecule has 1 N–H and O–H groups in total. The Labute approximate surface area is 127 Å². The highest BCUT2D eigenvalue weighted by atomic mass is 35.5. The summed E-state index contributed by atoms with van der Waals surface area (Å²) in [7, 11) is 0. The number of anilines is 1. The molecule has 0 bridgehead atoms. The van der Waals surface area contributed by atoms with Gasteiger partial charge in [-0.3, -0.25) is 4.79 Å². The SMILES string of the molecule is Cc1ccc(Cl)cc1NC(=O)COC(=O)c1ccccc1. The number of ether oxygens (including phenoxy) is 1. The van der Waals surface area contributed by atoms with Crippen molar-refractivity contribution in [2.45, 2.75) is 6.92 Å². The molecule has 21 heavy (non-hydrogen) atoms. The highest BCUT2D eigenvalue weighted by molar-refractivity contribution is 6.31.